The van der Waals surface area contributed by atoms with E-state index in [1.807, 2.05) is 0 Å². The largest absolute Gasteiger partial charge is 0.481 e. The summed E-state index contributed by atoms with van der Waals surface area (Å²) >= 11 is 0. The lowest BCUT2D eigenvalue weighted by Crippen LogP contribution is -2.26. The maximum atomic E-state index is 12.2. The second-order valence-electron chi connectivity index (χ2n) is 2.43. The summed E-state index contributed by atoms with van der Waals surface area (Å²) in [4.78, 5) is 10.1. The van der Waals surface area contributed by atoms with Crippen molar-refractivity contribution in [2.75, 3.05) is 6.61 Å². The molecule has 2 N–H and O–H groups in total. The van der Waals surface area contributed by atoms with Crippen molar-refractivity contribution >= 4 is 5.97 Å². The summed E-state index contributed by atoms with van der Waals surface area (Å²) in [6, 6.07) is 0. The van der Waals surface area contributed by atoms with E-state index in [0.717, 1.165) is 0 Å². The second kappa shape index (κ2) is 1.66. The lowest BCUT2D eigenvalue weighted by molar-refractivity contribution is -0.149. The third-order valence-corrected chi connectivity index (χ3v) is 1.78. The van der Waals surface area contributed by atoms with Crippen LogP contribution in [0, 0.1) is 5.41 Å². The van der Waals surface area contributed by atoms with E-state index in [2.05, 4.69) is 0 Å². The molecular formula is C5H6F2O3. The van der Waals surface area contributed by atoms with Gasteiger partial charge < -0.3 is 10.2 Å². The summed E-state index contributed by atoms with van der Waals surface area (Å²) in [6.07, 6.45) is -0.744. The first kappa shape index (κ1) is 7.40. The SMILES string of the molecule is O=C(O)C1(CO)CC1(F)F. The monoisotopic (exact) mass is 152 g/mol. The van der Waals surface area contributed by atoms with Crippen molar-refractivity contribution in [2.45, 2.75) is 12.3 Å². The van der Waals surface area contributed by atoms with Crippen LogP contribution < -0.4 is 0 Å². The Labute approximate surface area is 55.3 Å². The van der Waals surface area contributed by atoms with Gasteiger partial charge in [0.05, 0.1) is 6.61 Å². The molecule has 10 heavy (non-hydrogen) atoms. The summed E-state index contributed by atoms with van der Waals surface area (Å²) in [7, 11) is 0. The van der Waals surface area contributed by atoms with Crippen LogP contribution in [0.25, 0.3) is 0 Å². The van der Waals surface area contributed by atoms with E-state index in [1.54, 1.807) is 0 Å². The molecule has 0 amide bonds. The predicted molar refractivity (Wildman–Crippen MR) is 26.7 cm³/mol. The van der Waals surface area contributed by atoms with Crippen LogP contribution in [0.2, 0.25) is 0 Å². The molecule has 1 rings (SSSR count). The Bertz CT molecular complexity index is 180. The molecule has 0 heterocycles. The summed E-state index contributed by atoms with van der Waals surface area (Å²) in [5.41, 5.74) is -2.17. The van der Waals surface area contributed by atoms with Gasteiger partial charge in [0.25, 0.3) is 5.92 Å². The van der Waals surface area contributed by atoms with Crippen LogP contribution in [0.15, 0.2) is 0 Å². The number of hydrogen-bond acceptors (Lipinski definition) is 2. The molecule has 58 valence electrons. The van der Waals surface area contributed by atoms with E-state index in [1.165, 1.54) is 0 Å². The fraction of sp³-hybridized carbons (Fsp3) is 0.800. The van der Waals surface area contributed by atoms with Crippen molar-refractivity contribution in [3.8, 4) is 0 Å². The molecular weight excluding hydrogens is 146 g/mol. The summed E-state index contributed by atoms with van der Waals surface area (Å²) in [6.45, 7) is -0.991. The van der Waals surface area contributed by atoms with Gasteiger partial charge in [0, 0.05) is 6.42 Å². The second-order valence-corrected chi connectivity index (χ2v) is 2.43. The highest BCUT2D eigenvalue weighted by atomic mass is 19.3. The van der Waals surface area contributed by atoms with E-state index < -0.39 is 30.3 Å². The van der Waals surface area contributed by atoms with E-state index in [4.69, 9.17) is 10.2 Å². The summed E-state index contributed by atoms with van der Waals surface area (Å²) in [5.74, 6) is -4.84. The quantitative estimate of drug-likeness (QED) is 0.589. The first-order valence-electron chi connectivity index (χ1n) is 2.68. The van der Waals surface area contributed by atoms with Crippen LogP contribution in [0.3, 0.4) is 0 Å². The standard InChI is InChI=1S/C5H6F2O3/c6-5(7)1-4(5,2-8)3(9)10/h8H,1-2H2,(H,9,10). The van der Waals surface area contributed by atoms with Crippen molar-refractivity contribution < 1.29 is 23.8 Å². The smallest absolute Gasteiger partial charge is 0.318 e. The summed E-state index contributed by atoms with van der Waals surface area (Å²) in [5, 5.41) is 16.5. The number of halogens is 2. The van der Waals surface area contributed by atoms with Crippen LogP contribution in [-0.2, 0) is 4.79 Å². The highest BCUT2D eigenvalue weighted by Gasteiger charge is 2.76. The number of carbonyl (C=O) groups is 1. The fourth-order valence-electron chi connectivity index (χ4n) is 0.806. The number of carboxylic acid groups (broad SMARTS) is 1. The predicted octanol–water partition coefficient (Wildman–Crippen LogP) is 0.0887. The van der Waals surface area contributed by atoms with Crippen LogP contribution >= 0.6 is 0 Å². The van der Waals surface area contributed by atoms with Crippen molar-refractivity contribution in [3.63, 3.8) is 0 Å². The number of aliphatic hydroxyl groups excluding tert-OH is 1. The number of aliphatic carboxylic acids is 1. The minimum atomic E-state index is -3.21. The van der Waals surface area contributed by atoms with Gasteiger partial charge in [-0.2, -0.15) is 0 Å². The van der Waals surface area contributed by atoms with Crippen molar-refractivity contribution in [1.29, 1.82) is 0 Å². The minimum absolute atomic E-state index is 0.744. The van der Waals surface area contributed by atoms with Gasteiger partial charge in [0.15, 0.2) is 5.41 Å². The molecule has 1 aliphatic rings. The van der Waals surface area contributed by atoms with E-state index in [-0.39, 0.29) is 0 Å². The van der Waals surface area contributed by atoms with E-state index in [0.29, 0.717) is 0 Å². The Kier molecular flexibility index (Phi) is 1.23. The molecule has 1 fully saturated rings. The zero-order valence-corrected chi connectivity index (χ0v) is 4.97. The first-order chi connectivity index (χ1) is 4.46. The molecule has 0 radical (unpaired) electrons. The third kappa shape index (κ3) is 0.636. The van der Waals surface area contributed by atoms with E-state index in [9.17, 15) is 13.6 Å². The molecule has 1 saturated carbocycles. The van der Waals surface area contributed by atoms with Crippen LogP contribution in [0.4, 0.5) is 8.78 Å². The van der Waals surface area contributed by atoms with E-state index >= 15 is 0 Å². The molecule has 1 unspecified atom stereocenters. The zero-order valence-electron chi connectivity index (χ0n) is 4.97. The first-order valence-corrected chi connectivity index (χ1v) is 2.68. The van der Waals surface area contributed by atoms with Crippen molar-refractivity contribution in [3.05, 3.63) is 0 Å². The highest BCUT2D eigenvalue weighted by molar-refractivity contribution is 5.80. The minimum Gasteiger partial charge on any atom is -0.481 e. The van der Waals surface area contributed by atoms with Gasteiger partial charge in [0.2, 0.25) is 0 Å². The maximum Gasteiger partial charge on any atom is 0.318 e. The number of alkyl halides is 2. The topological polar surface area (TPSA) is 57.5 Å². The molecule has 0 bridgehead atoms. The van der Waals surface area contributed by atoms with Crippen LogP contribution in [0.5, 0.6) is 0 Å². The Morgan fingerprint density at radius 1 is 1.60 bits per heavy atom. The molecule has 0 saturated heterocycles. The molecule has 3 nitrogen and oxygen atoms in total. The molecule has 1 aliphatic carbocycles. The zero-order chi connectivity index (χ0) is 7.99. The molecule has 5 heteroatoms. The lowest BCUT2D eigenvalue weighted by Gasteiger charge is -2.04. The van der Waals surface area contributed by atoms with Crippen molar-refractivity contribution in [1.82, 2.24) is 0 Å². The van der Waals surface area contributed by atoms with Gasteiger partial charge >= 0.3 is 5.97 Å². The summed E-state index contributed by atoms with van der Waals surface area (Å²) < 4.78 is 24.3. The van der Waals surface area contributed by atoms with Gasteiger partial charge in [-0.25, -0.2) is 8.78 Å². The Balaban J connectivity index is 2.78. The Hall–Kier alpha value is -0.710. The van der Waals surface area contributed by atoms with Gasteiger partial charge in [0.1, 0.15) is 0 Å². The van der Waals surface area contributed by atoms with Gasteiger partial charge in [-0.1, -0.05) is 0 Å². The molecule has 0 aromatic carbocycles. The molecule has 0 spiro atoms. The number of rotatable bonds is 2. The van der Waals surface area contributed by atoms with Gasteiger partial charge in [-0.3, -0.25) is 4.79 Å². The van der Waals surface area contributed by atoms with Crippen molar-refractivity contribution in [2.24, 2.45) is 5.41 Å². The fourth-order valence-corrected chi connectivity index (χ4v) is 0.806. The maximum absolute atomic E-state index is 12.2. The molecule has 0 aliphatic heterocycles. The van der Waals surface area contributed by atoms with Crippen LogP contribution in [-0.4, -0.2) is 28.7 Å². The van der Waals surface area contributed by atoms with Gasteiger partial charge in [-0.05, 0) is 0 Å². The number of aliphatic hydroxyl groups is 1. The number of hydrogen-bond donors (Lipinski definition) is 2. The van der Waals surface area contributed by atoms with Gasteiger partial charge in [-0.15, -0.1) is 0 Å². The third-order valence-electron chi connectivity index (χ3n) is 1.78. The number of carboxylic acids is 1. The highest BCUT2D eigenvalue weighted by Crippen LogP contribution is 2.60. The average molecular weight is 152 g/mol. The lowest BCUT2D eigenvalue weighted by atomic mass is 10.1. The average Bonchev–Trinajstić information content (AvgIpc) is 2.35. The Morgan fingerprint density at radius 2 is 2.00 bits per heavy atom. The molecule has 0 aromatic heterocycles. The molecule has 1 atom stereocenters. The Morgan fingerprint density at radius 3 is 2.00 bits per heavy atom. The molecule has 0 aromatic rings. The van der Waals surface area contributed by atoms with Crippen LogP contribution in [0.1, 0.15) is 6.42 Å². The normalized spacial score (nSPS) is 35.5.